The van der Waals surface area contributed by atoms with Crippen molar-refractivity contribution in [3.05, 3.63) is 11.2 Å². The van der Waals surface area contributed by atoms with Gasteiger partial charge in [0.25, 0.3) is 0 Å². The molecular formula is C10H16ClN3OS. The van der Waals surface area contributed by atoms with Crippen molar-refractivity contribution in [2.75, 3.05) is 24.7 Å². The lowest BCUT2D eigenvalue weighted by Crippen LogP contribution is -2.23. The zero-order valence-electron chi connectivity index (χ0n) is 9.64. The topological polar surface area (TPSA) is 49.2 Å². The van der Waals surface area contributed by atoms with Gasteiger partial charge in [0.2, 0.25) is 0 Å². The second kappa shape index (κ2) is 6.27. The fraction of sp³-hybridized carbons (Fsp3) is 0.600. The van der Waals surface area contributed by atoms with E-state index in [4.69, 9.17) is 11.6 Å². The molecule has 1 aromatic heterocycles. The van der Waals surface area contributed by atoms with E-state index in [9.17, 15) is 5.11 Å². The summed E-state index contributed by atoms with van der Waals surface area (Å²) in [5.74, 6) is 0.782. The van der Waals surface area contributed by atoms with Gasteiger partial charge >= 0.3 is 0 Å². The Morgan fingerprint density at radius 1 is 1.56 bits per heavy atom. The minimum Gasteiger partial charge on any atom is -0.393 e. The monoisotopic (exact) mass is 261 g/mol. The molecule has 90 valence electrons. The number of aliphatic hydroxyl groups is 1. The summed E-state index contributed by atoms with van der Waals surface area (Å²) in [4.78, 5) is 10.4. The Morgan fingerprint density at radius 3 is 2.81 bits per heavy atom. The molecule has 16 heavy (non-hydrogen) atoms. The van der Waals surface area contributed by atoms with Crippen molar-refractivity contribution >= 4 is 29.2 Å². The molecule has 0 saturated carbocycles. The minimum atomic E-state index is -0.306. The SMILES string of the molecule is CSc1nc(Cl)cc(N(C)CCC(C)O)n1. The number of nitrogens with zero attached hydrogens (tertiary/aromatic N) is 3. The first-order valence-corrected chi connectivity index (χ1v) is 6.61. The molecule has 0 saturated heterocycles. The summed E-state index contributed by atoms with van der Waals surface area (Å²) in [6, 6.07) is 1.73. The molecule has 1 unspecified atom stereocenters. The van der Waals surface area contributed by atoms with E-state index in [-0.39, 0.29) is 6.10 Å². The highest BCUT2D eigenvalue weighted by atomic mass is 35.5. The molecule has 0 spiro atoms. The lowest BCUT2D eigenvalue weighted by molar-refractivity contribution is 0.187. The van der Waals surface area contributed by atoms with E-state index in [1.807, 2.05) is 18.2 Å². The van der Waals surface area contributed by atoms with E-state index in [2.05, 4.69) is 9.97 Å². The number of halogens is 1. The number of thioether (sulfide) groups is 1. The van der Waals surface area contributed by atoms with E-state index in [0.717, 1.165) is 12.4 Å². The molecule has 0 aromatic carbocycles. The third-order valence-electron chi connectivity index (χ3n) is 2.12. The molecule has 6 heteroatoms. The summed E-state index contributed by atoms with van der Waals surface area (Å²) in [6.07, 6.45) is 2.30. The van der Waals surface area contributed by atoms with Crippen LogP contribution in [0.25, 0.3) is 0 Å². The number of hydrogen-bond acceptors (Lipinski definition) is 5. The van der Waals surface area contributed by atoms with E-state index in [1.165, 1.54) is 11.8 Å². The van der Waals surface area contributed by atoms with Crippen molar-refractivity contribution in [2.45, 2.75) is 24.6 Å². The maximum atomic E-state index is 9.21. The summed E-state index contributed by atoms with van der Waals surface area (Å²) in [5, 5.41) is 10.3. The molecule has 4 nitrogen and oxygen atoms in total. The Balaban J connectivity index is 2.74. The highest BCUT2D eigenvalue weighted by Crippen LogP contribution is 2.19. The van der Waals surface area contributed by atoms with Crippen molar-refractivity contribution in [3.8, 4) is 0 Å². The first kappa shape index (κ1) is 13.5. The lowest BCUT2D eigenvalue weighted by atomic mass is 10.3. The van der Waals surface area contributed by atoms with Gasteiger partial charge in [-0.2, -0.15) is 0 Å². The normalized spacial score (nSPS) is 12.6. The van der Waals surface area contributed by atoms with Gasteiger partial charge in [-0.3, -0.25) is 0 Å². The van der Waals surface area contributed by atoms with Crippen LogP contribution >= 0.6 is 23.4 Å². The first-order valence-electron chi connectivity index (χ1n) is 5.00. The third kappa shape index (κ3) is 4.15. The van der Waals surface area contributed by atoms with Gasteiger partial charge in [0.1, 0.15) is 11.0 Å². The quantitative estimate of drug-likeness (QED) is 0.500. The fourth-order valence-electron chi connectivity index (χ4n) is 1.17. The molecule has 1 N–H and O–H groups in total. The van der Waals surface area contributed by atoms with Crippen LogP contribution in [0, 0.1) is 0 Å². The highest BCUT2D eigenvalue weighted by Gasteiger charge is 2.08. The van der Waals surface area contributed by atoms with Crippen LogP contribution in [0.2, 0.25) is 5.15 Å². The van der Waals surface area contributed by atoms with Gasteiger partial charge < -0.3 is 10.0 Å². The molecule has 1 atom stereocenters. The average Bonchev–Trinajstić information content (AvgIpc) is 2.24. The smallest absolute Gasteiger partial charge is 0.190 e. The van der Waals surface area contributed by atoms with Crippen LogP contribution in [0.4, 0.5) is 5.82 Å². The maximum absolute atomic E-state index is 9.21. The summed E-state index contributed by atoms with van der Waals surface area (Å²) in [6.45, 7) is 2.51. The van der Waals surface area contributed by atoms with E-state index in [0.29, 0.717) is 16.7 Å². The van der Waals surface area contributed by atoms with E-state index >= 15 is 0 Å². The van der Waals surface area contributed by atoms with Gasteiger partial charge in [-0.1, -0.05) is 23.4 Å². The van der Waals surface area contributed by atoms with Crippen LogP contribution in [-0.2, 0) is 0 Å². The van der Waals surface area contributed by atoms with Crippen LogP contribution in [0.1, 0.15) is 13.3 Å². The largest absolute Gasteiger partial charge is 0.393 e. The van der Waals surface area contributed by atoms with Crippen molar-refractivity contribution in [2.24, 2.45) is 0 Å². The number of aliphatic hydroxyl groups excluding tert-OH is 1. The maximum Gasteiger partial charge on any atom is 0.190 e. The molecule has 0 aliphatic rings. The number of hydrogen-bond donors (Lipinski definition) is 1. The molecule has 1 rings (SSSR count). The number of aromatic nitrogens is 2. The molecule has 0 bridgehead atoms. The Morgan fingerprint density at radius 2 is 2.25 bits per heavy atom. The Labute approximate surface area is 105 Å². The van der Waals surface area contributed by atoms with Crippen LogP contribution in [0.3, 0.4) is 0 Å². The van der Waals surface area contributed by atoms with E-state index < -0.39 is 0 Å². The molecule has 1 aromatic rings. The van der Waals surface area contributed by atoms with Crippen LogP contribution in [0.15, 0.2) is 11.2 Å². The van der Waals surface area contributed by atoms with Crippen molar-refractivity contribution in [3.63, 3.8) is 0 Å². The summed E-state index contributed by atoms with van der Waals surface area (Å²) in [7, 11) is 1.92. The predicted molar refractivity (Wildman–Crippen MR) is 68.4 cm³/mol. The minimum absolute atomic E-state index is 0.306. The average molecular weight is 262 g/mol. The third-order valence-corrected chi connectivity index (χ3v) is 2.86. The van der Waals surface area contributed by atoms with Crippen LogP contribution in [0.5, 0.6) is 0 Å². The lowest BCUT2D eigenvalue weighted by Gasteiger charge is -2.19. The second-order valence-corrected chi connectivity index (χ2v) is 4.76. The zero-order chi connectivity index (χ0) is 12.1. The van der Waals surface area contributed by atoms with Gasteiger partial charge in [-0.25, -0.2) is 9.97 Å². The molecule has 0 amide bonds. The molecule has 0 radical (unpaired) electrons. The predicted octanol–water partition coefficient (Wildman–Crippen LogP) is 2.06. The van der Waals surface area contributed by atoms with Crippen LogP contribution in [-0.4, -0.2) is 41.0 Å². The molecule has 0 aliphatic carbocycles. The van der Waals surface area contributed by atoms with Gasteiger partial charge in [-0.15, -0.1) is 0 Å². The second-order valence-electron chi connectivity index (χ2n) is 3.59. The fourth-order valence-corrected chi connectivity index (χ4v) is 1.77. The molecule has 0 fully saturated rings. The zero-order valence-corrected chi connectivity index (χ0v) is 11.2. The summed E-state index contributed by atoms with van der Waals surface area (Å²) < 4.78 is 0. The summed E-state index contributed by atoms with van der Waals surface area (Å²) >= 11 is 7.35. The Kier molecular flexibility index (Phi) is 5.31. The molecule has 0 aliphatic heterocycles. The van der Waals surface area contributed by atoms with Crippen molar-refractivity contribution in [1.29, 1.82) is 0 Å². The Hall–Kier alpha value is -0.520. The standard InChI is InChI=1S/C10H16ClN3OS/c1-7(15)4-5-14(2)9-6-8(11)12-10(13-9)16-3/h6-7,15H,4-5H2,1-3H3. The van der Waals surface area contributed by atoms with Gasteiger partial charge in [0, 0.05) is 19.7 Å². The van der Waals surface area contributed by atoms with E-state index in [1.54, 1.807) is 13.0 Å². The highest BCUT2D eigenvalue weighted by molar-refractivity contribution is 7.98. The van der Waals surface area contributed by atoms with Crippen molar-refractivity contribution in [1.82, 2.24) is 9.97 Å². The number of rotatable bonds is 5. The summed E-state index contributed by atoms with van der Waals surface area (Å²) in [5.41, 5.74) is 0. The van der Waals surface area contributed by atoms with Crippen molar-refractivity contribution < 1.29 is 5.11 Å². The number of anilines is 1. The first-order chi connectivity index (χ1) is 7.52. The van der Waals surface area contributed by atoms with Gasteiger partial charge in [-0.05, 0) is 19.6 Å². The van der Waals surface area contributed by atoms with Crippen LogP contribution < -0.4 is 4.90 Å². The van der Waals surface area contributed by atoms with Gasteiger partial charge in [0.15, 0.2) is 5.16 Å². The molecular weight excluding hydrogens is 246 g/mol. The molecule has 1 heterocycles. The Bertz CT molecular complexity index is 349. The van der Waals surface area contributed by atoms with Gasteiger partial charge in [0.05, 0.1) is 6.10 Å².